The Labute approximate surface area is 123 Å². The average Bonchev–Trinajstić information content (AvgIpc) is 2.98. The van der Waals surface area contributed by atoms with Gasteiger partial charge in [-0.15, -0.1) is 0 Å². The van der Waals surface area contributed by atoms with E-state index in [0.717, 1.165) is 11.8 Å². The molecular weight excluding hydrogens is 266 g/mol. The second-order valence-corrected chi connectivity index (χ2v) is 5.71. The van der Waals surface area contributed by atoms with Crippen molar-refractivity contribution in [3.05, 3.63) is 40.8 Å². The Morgan fingerprint density at radius 1 is 1.24 bits per heavy atom. The van der Waals surface area contributed by atoms with Crippen molar-refractivity contribution in [2.24, 2.45) is 5.92 Å². The fraction of sp³-hybridized carbons (Fsp3) is 0.412. The van der Waals surface area contributed by atoms with Crippen LogP contribution in [0.4, 0.5) is 5.69 Å². The Bertz CT molecular complexity index is 698. The Morgan fingerprint density at radius 3 is 2.81 bits per heavy atom. The predicted molar refractivity (Wildman–Crippen MR) is 82.3 cm³/mol. The number of fused-ring (bicyclic) bond motifs is 1. The van der Waals surface area contributed by atoms with Crippen LogP contribution in [0.2, 0.25) is 0 Å². The molecule has 0 spiro atoms. The van der Waals surface area contributed by atoms with Gasteiger partial charge in [0.25, 0.3) is 0 Å². The van der Waals surface area contributed by atoms with Crippen molar-refractivity contribution < 1.29 is 9.21 Å². The van der Waals surface area contributed by atoms with E-state index in [4.69, 9.17) is 4.42 Å². The number of rotatable bonds is 4. The van der Waals surface area contributed by atoms with Crippen LogP contribution in [0.5, 0.6) is 0 Å². The molecule has 21 heavy (non-hydrogen) atoms. The molecule has 0 atom stereocenters. The summed E-state index contributed by atoms with van der Waals surface area (Å²) in [6, 6.07) is 8.57. The van der Waals surface area contributed by atoms with E-state index in [1.165, 1.54) is 31.7 Å². The van der Waals surface area contributed by atoms with Crippen LogP contribution in [0.25, 0.3) is 11.0 Å². The van der Waals surface area contributed by atoms with Gasteiger partial charge < -0.3 is 9.73 Å². The van der Waals surface area contributed by atoms with Crippen molar-refractivity contribution in [3.63, 3.8) is 0 Å². The Morgan fingerprint density at radius 2 is 2.00 bits per heavy atom. The van der Waals surface area contributed by atoms with E-state index in [0.29, 0.717) is 23.6 Å². The average molecular weight is 285 g/mol. The van der Waals surface area contributed by atoms with Crippen LogP contribution in [-0.2, 0) is 4.79 Å². The van der Waals surface area contributed by atoms with Gasteiger partial charge in [-0.1, -0.05) is 37.8 Å². The number of para-hydroxylation sites is 1. The molecule has 1 aromatic carbocycles. The van der Waals surface area contributed by atoms with Gasteiger partial charge in [0.2, 0.25) is 5.91 Å². The van der Waals surface area contributed by atoms with Gasteiger partial charge in [-0.25, -0.2) is 4.79 Å². The van der Waals surface area contributed by atoms with Crippen molar-refractivity contribution in [2.75, 3.05) is 5.32 Å². The lowest BCUT2D eigenvalue weighted by Gasteiger charge is -2.10. The second kappa shape index (κ2) is 6.12. The predicted octanol–water partition coefficient (Wildman–Crippen LogP) is 3.70. The largest absolute Gasteiger partial charge is 0.423 e. The Hall–Kier alpha value is -2.10. The second-order valence-electron chi connectivity index (χ2n) is 5.71. The molecule has 2 aromatic rings. The van der Waals surface area contributed by atoms with Crippen LogP contribution in [-0.4, -0.2) is 5.91 Å². The number of benzene rings is 1. The normalized spacial score (nSPS) is 15.4. The van der Waals surface area contributed by atoms with Crippen LogP contribution in [0, 0.1) is 5.92 Å². The van der Waals surface area contributed by atoms with Gasteiger partial charge in [-0.3, -0.25) is 4.79 Å². The summed E-state index contributed by atoms with van der Waals surface area (Å²) in [5.41, 5.74) is 0.592. The third-order valence-electron chi connectivity index (χ3n) is 4.18. The summed E-state index contributed by atoms with van der Waals surface area (Å²) in [5.74, 6) is 0.658. The van der Waals surface area contributed by atoms with Gasteiger partial charge in [0.1, 0.15) is 5.58 Å². The van der Waals surface area contributed by atoms with Gasteiger partial charge in [0, 0.05) is 17.9 Å². The molecule has 1 aliphatic carbocycles. The van der Waals surface area contributed by atoms with Crippen LogP contribution >= 0.6 is 0 Å². The fourth-order valence-electron chi connectivity index (χ4n) is 3.06. The van der Waals surface area contributed by atoms with Gasteiger partial charge in [0.15, 0.2) is 0 Å². The standard InChI is InChI=1S/C17H19NO3/c19-16(10-9-12-5-1-2-6-12)18-14-11-17(20)21-15-8-4-3-7-13(14)15/h3-4,7-8,11-12H,1-2,5-6,9-10H2,(H,18,19). The highest BCUT2D eigenvalue weighted by Gasteiger charge is 2.16. The molecule has 1 fully saturated rings. The molecule has 1 heterocycles. The first-order valence-corrected chi connectivity index (χ1v) is 7.55. The van der Waals surface area contributed by atoms with Crippen LogP contribution in [0.3, 0.4) is 0 Å². The molecule has 1 amide bonds. The zero-order chi connectivity index (χ0) is 14.7. The van der Waals surface area contributed by atoms with Crippen molar-refractivity contribution >= 4 is 22.6 Å². The topological polar surface area (TPSA) is 59.3 Å². The molecule has 4 nitrogen and oxygen atoms in total. The summed E-state index contributed by atoms with van der Waals surface area (Å²) in [7, 11) is 0. The molecule has 3 rings (SSSR count). The van der Waals surface area contributed by atoms with Gasteiger partial charge >= 0.3 is 5.63 Å². The molecule has 0 saturated heterocycles. The lowest BCUT2D eigenvalue weighted by atomic mass is 10.0. The van der Waals surface area contributed by atoms with Crippen molar-refractivity contribution in [3.8, 4) is 0 Å². The lowest BCUT2D eigenvalue weighted by molar-refractivity contribution is -0.116. The van der Waals surface area contributed by atoms with Crippen molar-refractivity contribution in [1.82, 2.24) is 0 Å². The molecule has 1 aromatic heterocycles. The zero-order valence-corrected chi connectivity index (χ0v) is 11.9. The third-order valence-corrected chi connectivity index (χ3v) is 4.18. The van der Waals surface area contributed by atoms with Crippen LogP contribution in [0.1, 0.15) is 38.5 Å². The molecule has 110 valence electrons. The molecule has 1 aliphatic rings. The third kappa shape index (κ3) is 3.32. The van der Waals surface area contributed by atoms with Gasteiger partial charge in [-0.05, 0) is 24.5 Å². The molecule has 1 saturated carbocycles. The molecule has 0 unspecified atom stereocenters. The molecule has 0 bridgehead atoms. The zero-order valence-electron chi connectivity index (χ0n) is 11.9. The maximum absolute atomic E-state index is 12.1. The molecular formula is C17H19NO3. The van der Waals surface area contributed by atoms with E-state index in [-0.39, 0.29) is 5.91 Å². The van der Waals surface area contributed by atoms with E-state index in [1.807, 2.05) is 12.1 Å². The van der Waals surface area contributed by atoms with E-state index in [2.05, 4.69) is 5.32 Å². The Balaban J connectivity index is 1.71. The number of carbonyl (C=O) groups is 1. The molecule has 1 N–H and O–H groups in total. The van der Waals surface area contributed by atoms with E-state index >= 15 is 0 Å². The van der Waals surface area contributed by atoms with Gasteiger partial charge in [-0.2, -0.15) is 0 Å². The number of nitrogens with one attached hydrogen (secondary N) is 1. The minimum absolute atomic E-state index is 0.0300. The van der Waals surface area contributed by atoms with Crippen molar-refractivity contribution in [1.29, 1.82) is 0 Å². The highest BCUT2D eigenvalue weighted by atomic mass is 16.4. The smallest absolute Gasteiger partial charge is 0.338 e. The molecule has 4 heteroatoms. The lowest BCUT2D eigenvalue weighted by Crippen LogP contribution is -2.14. The highest BCUT2D eigenvalue weighted by molar-refractivity contribution is 6.00. The summed E-state index contributed by atoms with van der Waals surface area (Å²) in [5, 5.41) is 3.61. The van der Waals surface area contributed by atoms with Gasteiger partial charge in [0.05, 0.1) is 5.69 Å². The monoisotopic (exact) mass is 285 g/mol. The van der Waals surface area contributed by atoms with E-state index < -0.39 is 5.63 Å². The number of carbonyl (C=O) groups excluding carboxylic acids is 1. The summed E-state index contributed by atoms with van der Waals surface area (Å²) < 4.78 is 5.12. The highest BCUT2D eigenvalue weighted by Crippen LogP contribution is 2.29. The first kappa shape index (κ1) is 13.9. The number of hydrogen-bond donors (Lipinski definition) is 1. The summed E-state index contributed by atoms with van der Waals surface area (Å²) >= 11 is 0. The van der Waals surface area contributed by atoms with Crippen molar-refractivity contribution in [2.45, 2.75) is 38.5 Å². The van der Waals surface area contributed by atoms with E-state index in [1.54, 1.807) is 12.1 Å². The van der Waals surface area contributed by atoms with Crippen LogP contribution in [0.15, 0.2) is 39.5 Å². The molecule has 0 radical (unpaired) electrons. The van der Waals surface area contributed by atoms with Crippen LogP contribution < -0.4 is 10.9 Å². The number of hydrogen-bond acceptors (Lipinski definition) is 3. The number of amides is 1. The van der Waals surface area contributed by atoms with E-state index in [9.17, 15) is 9.59 Å². The first-order valence-electron chi connectivity index (χ1n) is 7.55. The maximum Gasteiger partial charge on any atom is 0.338 e. The maximum atomic E-state index is 12.1. The molecule has 0 aliphatic heterocycles. The fourth-order valence-corrected chi connectivity index (χ4v) is 3.06. The summed E-state index contributed by atoms with van der Waals surface area (Å²) in [4.78, 5) is 23.6. The number of anilines is 1. The Kier molecular flexibility index (Phi) is 4.04. The SMILES string of the molecule is O=C(CCC1CCCC1)Nc1cc(=O)oc2ccccc12. The minimum atomic E-state index is -0.445. The summed E-state index contributed by atoms with van der Waals surface area (Å²) in [6.07, 6.45) is 6.51. The quantitative estimate of drug-likeness (QED) is 0.871. The summed E-state index contributed by atoms with van der Waals surface area (Å²) in [6.45, 7) is 0. The first-order chi connectivity index (χ1) is 10.2. The minimum Gasteiger partial charge on any atom is -0.423 e.